The molecule has 0 aromatic rings. The van der Waals surface area contributed by atoms with Gasteiger partial charge in [-0.05, 0) is 5.92 Å². The largest absolute Gasteiger partial charge is 0.380 e. The summed E-state index contributed by atoms with van der Waals surface area (Å²) in [7, 11) is 3.53. The number of carbonyl (C=O) groups excluding carboxylic acids is 1. The second kappa shape index (κ2) is 5.97. The summed E-state index contributed by atoms with van der Waals surface area (Å²) in [5.74, 6) is 0.624. The molecule has 1 atom stereocenters. The van der Waals surface area contributed by atoms with Gasteiger partial charge in [0.25, 0.3) is 0 Å². The van der Waals surface area contributed by atoms with Crippen LogP contribution in [0.15, 0.2) is 0 Å². The highest BCUT2D eigenvalue weighted by Crippen LogP contribution is 2.01. The number of rotatable bonds is 5. The van der Waals surface area contributed by atoms with Crippen LogP contribution in [0, 0.1) is 11.8 Å². The van der Waals surface area contributed by atoms with E-state index in [0.717, 1.165) is 6.61 Å². The molecule has 0 bridgehead atoms. The second-order valence-electron chi connectivity index (χ2n) is 4.07. The van der Waals surface area contributed by atoms with E-state index in [1.807, 2.05) is 6.92 Å². The first-order valence-electron chi connectivity index (χ1n) is 4.74. The Hall–Kier alpha value is -0.570. The minimum absolute atomic E-state index is 0.0336. The van der Waals surface area contributed by atoms with Crippen molar-refractivity contribution in [2.45, 2.75) is 20.8 Å². The van der Waals surface area contributed by atoms with Crippen LogP contribution in [0.2, 0.25) is 0 Å². The molecule has 0 aliphatic carbocycles. The number of nitrogens with zero attached hydrogens (tertiary/aromatic N) is 1. The minimum Gasteiger partial charge on any atom is -0.380 e. The number of hydrogen-bond donors (Lipinski definition) is 0. The molecule has 0 aliphatic heterocycles. The van der Waals surface area contributed by atoms with E-state index in [-0.39, 0.29) is 11.8 Å². The molecule has 0 fully saturated rings. The van der Waals surface area contributed by atoms with Gasteiger partial charge in [0.2, 0.25) is 5.91 Å². The van der Waals surface area contributed by atoms with Gasteiger partial charge in [-0.1, -0.05) is 20.8 Å². The predicted molar refractivity (Wildman–Crippen MR) is 53.5 cm³/mol. The molecular weight excluding hydrogens is 166 g/mol. The molecule has 1 unspecified atom stereocenters. The van der Waals surface area contributed by atoms with E-state index in [4.69, 9.17) is 4.74 Å². The lowest BCUT2D eigenvalue weighted by molar-refractivity contribution is -0.134. The Kier molecular flexibility index (Phi) is 5.71. The Morgan fingerprint density at radius 3 is 2.15 bits per heavy atom. The van der Waals surface area contributed by atoms with Crippen LogP contribution in [-0.2, 0) is 9.53 Å². The summed E-state index contributed by atoms with van der Waals surface area (Å²) >= 11 is 0. The number of hydrogen-bond acceptors (Lipinski definition) is 2. The van der Waals surface area contributed by atoms with Crippen LogP contribution in [0.25, 0.3) is 0 Å². The van der Waals surface area contributed by atoms with Gasteiger partial charge in [0, 0.05) is 20.7 Å². The zero-order chi connectivity index (χ0) is 10.4. The summed E-state index contributed by atoms with van der Waals surface area (Å²) in [6.45, 7) is 7.33. The zero-order valence-corrected chi connectivity index (χ0v) is 9.33. The predicted octanol–water partition coefficient (Wildman–Crippen LogP) is 1.38. The maximum absolute atomic E-state index is 11.4. The molecule has 0 N–H and O–H groups in total. The van der Waals surface area contributed by atoms with Crippen molar-refractivity contribution in [1.82, 2.24) is 4.90 Å². The Bertz CT molecular complexity index is 155. The molecule has 0 saturated carbocycles. The Morgan fingerprint density at radius 1 is 1.23 bits per heavy atom. The Labute approximate surface area is 81.1 Å². The average molecular weight is 187 g/mol. The van der Waals surface area contributed by atoms with E-state index in [9.17, 15) is 4.79 Å². The number of ether oxygens (including phenoxy) is 1. The molecule has 78 valence electrons. The van der Waals surface area contributed by atoms with Crippen molar-refractivity contribution >= 4 is 5.91 Å². The Morgan fingerprint density at radius 2 is 1.77 bits per heavy atom. The van der Waals surface area contributed by atoms with Crippen molar-refractivity contribution in [2.75, 3.05) is 27.3 Å². The molecule has 0 aromatic carbocycles. The molecule has 0 aliphatic rings. The summed E-state index contributed by atoms with van der Waals surface area (Å²) in [6, 6.07) is 0. The molecule has 0 aromatic heterocycles. The summed E-state index contributed by atoms with van der Waals surface area (Å²) in [4.78, 5) is 13.0. The highest BCUT2D eigenvalue weighted by molar-refractivity contribution is 5.77. The number of carbonyl (C=O) groups is 1. The molecule has 1 amide bonds. The molecule has 0 radical (unpaired) electrons. The normalized spacial score (nSPS) is 13.1. The van der Waals surface area contributed by atoms with Crippen LogP contribution >= 0.6 is 0 Å². The van der Waals surface area contributed by atoms with Crippen LogP contribution < -0.4 is 0 Å². The molecule has 13 heavy (non-hydrogen) atoms. The SMILES string of the molecule is CC(C)COCC(C)C(=O)N(C)C. The monoisotopic (exact) mass is 187 g/mol. The number of amides is 1. The van der Waals surface area contributed by atoms with Gasteiger partial charge in [0.1, 0.15) is 0 Å². The second-order valence-corrected chi connectivity index (χ2v) is 4.07. The van der Waals surface area contributed by atoms with Gasteiger partial charge in [-0.25, -0.2) is 0 Å². The van der Waals surface area contributed by atoms with Gasteiger partial charge >= 0.3 is 0 Å². The standard InChI is InChI=1S/C10H21NO2/c1-8(2)6-13-7-9(3)10(12)11(4)5/h8-9H,6-7H2,1-5H3. The van der Waals surface area contributed by atoms with E-state index in [0.29, 0.717) is 12.5 Å². The lowest BCUT2D eigenvalue weighted by atomic mass is 10.2. The van der Waals surface area contributed by atoms with Crippen molar-refractivity contribution in [2.24, 2.45) is 11.8 Å². The van der Waals surface area contributed by atoms with Crippen molar-refractivity contribution < 1.29 is 9.53 Å². The van der Waals surface area contributed by atoms with Crippen molar-refractivity contribution in [3.8, 4) is 0 Å². The topological polar surface area (TPSA) is 29.5 Å². The molecule has 0 heterocycles. The first-order chi connectivity index (χ1) is 5.95. The lowest BCUT2D eigenvalue weighted by Crippen LogP contribution is -2.30. The molecule has 3 nitrogen and oxygen atoms in total. The molecule has 0 spiro atoms. The smallest absolute Gasteiger partial charge is 0.227 e. The molecule has 0 rings (SSSR count). The van der Waals surface area contributed by atoms with Gasteiger partial charge < -0.3 is 9.64 Å². The van der Waals surface area contributed by atoms with E-state index in [2.05, 4.69) is 13.8 Å². The molecule has 3 heteroatoms. The molecular formula is C10H21NO2. The highest BCUT2D eigenvalue weighted by atomic mass is 16.5. The maximum Gasteiger partial charge on any atom is 0.227 e. The summed E-state index contributed by atoms with van der Waals surface area (Å²) in [5.41, 5.74) is 0. The minimum atomic E-state index is -0.0336. The third kappa shape index (κ3) is 5.64. The van der Waals surface area contributed by atoms with Gasteiger partial charge in [0.15, 0.2) is 0 Å². The maximum atomic E-state index is 11.4. The van der Waals surface area contributed by atoms with Crippen LogP contribution in [0.5, 0.6) is 0 Å². The van der Waals surface area contributed by atoms with E-state index in [1.54, 1.807) is 19.0 Å². The first-order valence-corrected chi connectivity index (χ1v) is 4.74. The fourth-order valence-electron chi connectivity index (χ4n) is 0.993. The average Bonchev–Trinajstić information content (AvgIpc) is 2.02. The fourth-order valence-corrected chi connectivity index (χ4v) is 0.993. The van der Waals surface area contributed by atoms with Gasteiger partial charge in [-0.15, -0.1) is 0 Å². The van der Waals surface area contributed by atoms with Crippen LogP contribution in [-0.4, -0.2) is 38.1 Å². The summed E-state index contributed by atoms with van der Waals surface area (Å²) in [6.07, 6.45) is 0. The third-order valence-corrected chi connectivity index (χ3v) is 1.68. The van der Waals surface area contributed by atoms with E-state index < -0.39 is 0 Å². The lowest BCUT2D eigenvalue weighted by Gasteiger charge is -2.17. The molecule has 0 saturated heterocycles. The van der Waals surface area contributed by atoms with Crippen molar-refractivity contribution in [1.29, 1.82) is 0 Å². The third-order valence-electron chi connectivity index (χ3n) is 1.68. The van der Waals surface area contributed by atoms with Gasteiger partial charge in [0.05, 0.1) is 12.5 Å². The van der Waals surface area contributed by atoms with Gasteiger partial charge in [-0.2, -0.15) is 0 Å². The van der Waals surface area contributed by atoms with Crippen LogP contribution in [0.4, 0.5) is 0 Å². The van der Waals surface area contributed by atoms with E-state index in [1.165, 1.54) is 0 Å². The van der Waals surface area contributed by atoms with Crippen LogP contribution in [0.1, 0.15) is 20.8 Å². The van der Waals surface area contributed by atoms with Crippen molar-refractivity contribution in [3.05, 3.63) is 0 Å². The highest BCUT2D eigenvalue weighted by Gasteiger charge is 2.14. The van der Waals surface area contributed by atoms with Gasteiger partial charge in [-0.3, -0.25) is 4.79 Å². The summed E-state index contributed by atoms with van der Waals surface area (Å²) in [5, 5.41) is 0. The first kappa shape index (κ1) is 12.4. The fraction of sp³-hybridized carbons (Fsp3) is 0.900. The van der Waals surface area contributed by atoms with Crippen molar-refractivity contribution in [3.63, 3.8) is 0 Å². The van der Waals surface area contributed by atoms with E-state index >= 15 is 0 Å². The Balaban J connectivity index is 3.62. The summed E-state index contributed by atoms with van der Waals surface area (Å²) < 4.78 is 5.38. The van der Waals surface area contributed by atoms with Crippen LogP contribution in [0.3, 0.4) is 0 Å². The quantitative estimate of drug-likeness (QED) is 0.651. The zero-order valence-electron chi connectivity index (χ0n) is 9.33.